The first kappa shape index (κ1) is 17.7. The number of carbonyl (C=O) groups is 1. The molecule has 1 amide bonds. The van der Waals surface area contributed by atoms with Gasteiger partial charge in [0, 0.05) is 19.6 Å². The van der Waals surface area contributed by atoms with Gasteiger partial charge in [-0.1, -0.05) is 36.4 Å². The van der Waals surface area contributed by atoms with Crippen molar-refractivity contribution >= 4 is 11.8 Å². The number of anilines is 1. The fourth-order valence-corrected chi connectivity index (χ4v) is 2.10. The van der Waals surface area contributed by atoms with Crippen LogP contribution in [0.5, 0.6) is 0 Å². The quantitative estimate of drug-likeness (QED) is 0.532. The number of nitrogens with two attached hydrogens (primary N) is 2. The predicted octanol–water partition coefficient (Wildman–Crippen LogP) is 1.89. The third kappa shape index (κ3) is 5.22. The summed E-state index contributed by atoms with van der Waals surface area (Å²) in [5, 5.41) is 3.83. The zero-order valence-corrected chi connectivity index (χ0v) is 13.2. The van der Waals surface area contributed by atoms with Gasteiger partial charge in [-0.25, -0.2) is 15.0 Å². The molecule has 7 heteroatoms. The topological polar surface area (TPSA) is 93.6 Å². The van der Waals surface area contributed by atoms with Gasteiger partial charge in [-0.3, -0.25) is 0 Å². The number of hydrazine groups is 1. The molecule has 0 aliphatic carbocycles. The molecule has 0 heterocycles. The molecule has 0 fully saturated rings. The molecular weight excluding hydrogens is 311 g/mol. The first-order valence-electron chi connectivity index (χ1n) is 7.55. The largest absolute Gasteiger partial charge is 0.445 e. The molecule has 0 spiro atoms. The molecule has 6 nitrogen and oxygen atoms in total. The maximum atomic E-state index is 14.0. The number of ether oxygens (including phenoxy) is 1. The molecule has 0 atom stereocenters. The third-order valence-electron chi connectivity index (χ3n) is 3.34. The standard InChI is InChI=1S/C17H21FN4O2/c18-15-10-14(6-7-16(15)22(20)9-8-19)11-21-17(23)24-12-13-4-2-1-3-5-13/h1-7,10H,8-9,11-12,19-20H2,(H,21,23). The molecule has 0 bridgehead atoms. The van der Waals surface area contributed by atoms with Crippen LogP contribution in [-0.2, 0) is 17.9 Å². The number of alkyl carbamates (subject to hydrolysis) is 1. The Bertz CT molecular complexity index is 667. The van der Waals surface area contributed by atoms with Gasteiger partial charge < -0.3 is 20.8 Å². The Morgan fingerprint density at radius 1 is 1.17 bits per heavy atom. The Morgan fingerprint density at radius 2 is 1.92 bits per heavy atom. The van der Waals surface area contributed by atoms with Crippen molar-refractivity contribution in [3.8, 4) is 0 Å². The van der Waals surface area contributed by atoms with Crippen LogP contribution in [0.4, 0.5) is 14.9 Å². The summed E-state index contributed by atoms with van der Waals surface area (Å²) in [6.45, 7) is 1.01. The molecule has 0 saturated heterocycles. The number of carbonyl (C=O) groups excluding carboxylic acids is 1. The monoisotopic (exact) mass is 332 g/mol. The summed E-state index contributed by atoms with van der Waals surface area (Å²) in [5.41, 5.74) is 7.15. The second kappa shape index (κ2) is 8.85. The van der Waals surface area contributed by atoms with Crippen molar-refractivity contribution < 1.29 is 13.9 Å². The Morgan fingerprint density at radius 3 is 2.58 bits per heavy atom. The van der Waals surface area contributed by atoms with E-state index in [4.69, 9.17) is 16.3 Å². The predicted molar refractivity (Wildman–Crippen MR) is 90.5 cm³/mol. The lowest BCUT2D eigenvalue weighted by molar-refractivity contribution is 0.139. The molecule has 0 saturated carbocycles. The van der Waals surface area contributed by atoms with Crippen LogP contribution in [0.25, 0.3) is 0 Å². The molecule has 2 aromatic rings. The number of rotatable bonds is 7. The van der Waals surface area contributed by atoms with Crippen molar-refractivity contribution in [1.82, 2.24) is 5.32 Å². The summed E-state index contributed by atoms with van der Waals surface area (Å²) in [4.78, 5) is 11.7. The zero-order valence-electron chi connectivity index (χ0n) is 13.2. The van der Waals surface area contributed by atoms with E-state index in [1.165, 1.54) is 11.1 Å². The minimum atomic E-state index is -0.563. The Balaban J connectivity index is 1.83. The second-order valence-electron chi connectivity index (χ2n) is 5.18. The summed E-state index contributed by atoms with van der Waals surface area (Å²) in [5.74, 6) is 5.23. The van der Waals surface area contributed by atoms with Gasteiger partial charge in [0.05, 0.1) is 5.69 Å². The number of benzene rings is 2. The molecule has 5 N–H and O–H groups in total. The van der Waals surface area contributed by atoms with E-state index in [0.717, 1.165) is 5.56 Å². The van der Waals surface area contributed by atoms with E-state index < -0.39 is 11.9 Å². The number of nitrogens with zero attached hydrogens (tertiary/aromatic N) is 1. The molecular formula is C17H21FN4O2. The van der Waals surface area contributed by atoms with Crippen molar-refractivity contribution in [2.24, 2.45) is 11.6 Å². The van der Waals surface area contributed by atoms with E-state index in [9.17, 15) is 9.18 Å². The fourth-order valence-electron chi connectivity index (χ4n) is 2.10. The fraction of sp³-hybridized carbons (Fsp3) is 0.235. The molecule has 0 unspecified atom stereocenters. The highest BCUT2D eigenvalue weighted by Crippen LogP contribution is 2.18. The van der Waals surface area contributed by atoms with Gasteiger partial charge in [0.2, 0.25) is 0 Å². The first-order chi connectivity index (χ1) is 11.6. The maximum Gasteiger partial charge on any atom is 0.407 e. The molecule has 2 aromatic carbocycles. The number of hydrogen-bond acceptors (Lipinski definition) is 5. The van der Waals surface area contributed by atoms with Crippen molar-refractivity contribution in [2.75, 3.05) is 18.1 Å². The smallest absolute Gasteiger partial charge is 0.407 e. The molecule has 0 radical (unpaired) electrons. The molecule has 128 valence electrons. The summed E-state index contributed by atoms with van der Waals surface area (Å²) < 4.78 is 19.1. The number of amides is 1. The van der Waals surface area contributed by atoms with E-state index in [-0.39, 0.29) is 18.8 Å². The molecule has 0 aliphatic heterocycles. The van der Waals surface area contributed by atoms with Gasteiger partial charge in [-0.2, -0.15) is 0 Å². The van der Waals surface area contributed by atoms with Gasteiger partial charge in [0.1, 0.15) is 12.4 Å². The van der Waals surface area contributed by atoms with Gasteiger partial charge in [-0.15, -0.1) is 0 Å². The van der Waals surface area contributed by atoms with Gasteiger partial charge >= 0.3 is 6.09 Å². The summed E-state index contributed by atoms with van der Waals surface area (Å²) in [6, 6.07) is 13.9. The highest BCUT2D eigenvalue weighted by Gasteiger charge is 2.09. The molecule has 24 heavy (non-hydrogen) atoms. The van der Waals surface area contributed by atoms with E-state index >= 15 is 0 Å². The second-order valence-corrected chi connectivity index (χ2v) is 5.18. The van der Waals surface area contributed by atoms with Crippen molar-refractivity contribution in [2.45, 2.75) is 13.2 Å². The van der Waals surface area contributed by atoms with Crippen LogP contribution in [0.1, 0.15) is 11.1 Å². The number of hydrogen-bond donors (Lipinski definition) is 3. The summed E-state index contributed by atoms with van der Waals surface area (Å²) in [7, 11) is 0. The van der Waals surface area contributed by atoms with Crippen molar-refractivity contribution in [3.05, 3.63) is 65.5 Å². The Labute approximate surface area is 140 Å². The lowest BCUT2D eigenvalue weighted by Crippen LogP contribution is -2.36. The van der Waals surface area contributed by atoms with Crippen LogP contribution >= 0.6 is 0 Å². The summed E-state index contributed by atoms with van der Waals surface area (Å²) >= 11 is 0. The molecule has 0 aromatic heterocycles. The lowest BCUT2D eigenvalue weighted by Gasteiger charge is -2.18. The Hall–Kier alpha value is -2.64. The highest BCUT2D eigenvalue weighted by molar-refractivity contribution is 5.67. The van der Waals surface area contributed by atoms with E-state index in [1.54, 1.807) is 12.1 Å². The van der Waals surface area contributed by atoms with Crippen LogP contribution < -0.4 is 21.9 Å². The molecule has 0 aliphatic rings. The van der Waals surface area contributed by atoms with E-state index in [0.29, 0.717) is 18.7 Å². The van der Waals surface area contributed by atoms with E-state index in [1.807, 2.05) is 30.3 Å². The molecule has 2 rings (SSSR count). The number of halogens is 1. The van der Waals surface area contributed by atoms with Gasteiger partial charge in [-0.05, 0) is 23.3 Å². The third-order valence-corrected chi connectivity index (χ3v) is 3.34. The van der Waals surface area contributed by atoms with Crippen molar-refractivity contribution in [1.29, 1.82) is 0 Å². The lowest BCUT2D eigenvalue weighted by atomic mass is 10.2. The van der Waals surface area contributed by atoms with E-state index in [2.05, 4.69) is 5.32 Å². The average Bonchev–Trinajstić information content (AvgIpc) is 2.59. The van der Waals surface area contributed by atoms with Crippen molar-refractivity contribution in [3.63, 3.8) is 0 Å². The maximum absolute atomic E-state index is 14.0. The highest BCUT2D eigenvalue weighted by atomic mass is 19.1. The van der Waals surface area contributed by atoms with Crippen LogP contribution in [0.15, 0.2) is 48.5 Å². The minimum absolute atomic E-state index is 0.159. The normalized spacial score (nSPS) is 10.3. The van der Waals surface area contributed by atoms with Crippen LogP contribution in [-0.4, -0.2) is 19.2 Å². The van der Waals surface area contributed by atoms with Gasteiger partial charge in [0.15, 0.2) is 0 Å². The SMILES string of the molecule is NCCN(N)c1ccc(CNC(=O)OCc2ccccc2)cc1F. The van der Waals surface area contributed by atoms with Crippen LogP contribution in [0.3, 0.4) is 0 Å². The Kier molecular flexibility index (Phi) is 6.53. The minimum Gasteiger partial charge on any atom is -0.445 e. The summed E-state index contributed by atoms with van der Waals surface area (Å²) in [6.07, 6.45) is -0.563. The van der Waals surface area contributed by atoms with Crippen LogP contribution in [0.2, 0.25) is 0 Å². The average molecular weight is 332 g/mol. The first-order valence-corrected chi connectivity index (χ1v) is 7.55. The number of nitrogens with one attached hydrogen (secondary N) is 1. The van der Waals surface area contributed by atoms with Gasteiger partial charge in [0.25, 0.3) is 0 Å². The van der Waals surface area contributed by atoms with Crippen LogP contribution in [0, 0.1) is 5.82 Å². The zero-order chi connectivity index (χ0) is 17.4.